The molecule has 35 heavy (non-hydrogen) atoms. The Morgan fingerprint density at radius 1 is 1.23 bits per heavy atom. The molecule has 1 aliphatic carbocycles. The molecule has 2 aromatic carbocycles. The summed E-state index contributed by atoms with van der Waals surface area (Å²) in [5.74, 6) is -1.88. The van der Waals surface area contributed by atoms with Crippen LogP contribution in [0.15, 0.2) is 42.6 Å². The van der Waals surface area contributed by atoms with Crippen molar-refractivity contribution in [3.63, 3.8) is 0 Å². The normalized spacial score (nSPS) is 18.8. The lowest BCUT2D eigenvalue weighted by Gasteiger charge is -2.25. The summed E-state index contributed by atoms with van der Waals surface area (Å²) < 4.78 is 29.4. The van der Waals surface area contributed by atoms with Crippen LogP contribution in [-0.4, -0.2) is 38.8 Å². The lowest BCUT2D eigenvalue weighted by Crippen LogP contribution is -2.31. The minimum absolute atomic E-state index is 0.0433. The summed E-state index contributed by atoms with van der Waals surface area (Å²) in [5, 5.41) is 22.3. The molecule has 0 radical (unpaired) electrons. The van der Waals surface area contributed by atoms with Crippen molar-refractivity contribution in [3.05, 3.63) is 74.6 Å². The highest BCUT2D eigenvalue weighted by molar-refractivity contribution is 14.1. The van der Waals surface area contributed by atoms with Crippen LogP contribution in [-0.2, 0) is 0 Å². The summed E-state index contributed by atoms with van der Waals surface area (Å²) in [6.07, 6.45) is 4.31. The van der Waals surface area contributed by atoms with Crippen LogP contribution in [0.5, 0.6) is 0 Å². The summed E-state index contributed by atoms with van der Waals surface area (Å²) in [5.41, 5.74) is 7.50. The molecule has 184 valence electrons. The molecule has 10 heteroatoms. The highest BCUT2D eigenvalue weighted by Crippen LogP contribution is 2.34. The number of nitrogen functional groups attached to an aromatic ring is 1. The van der Waals surface area contributed by atoms with Crippen molar-refractivity contribution < 1.29 is 23.8 Å². The Balaban J connectivity index is 1.56. The van der Waals surface area contributed by atoms with Gasteiger partial charge in [0.1, 0.15) is 23.1 Å². The number of carbonyl (C=O) groups excluding carboxylic acids is 1. The summed E-state index contributed by atoms with van der Waals surface area (Å²) in [7, 11) is 0. The van der Waals surface area contributed by atoms with Crippen molar-refractivity contribution in [3.8, 4) is 11.3 Å². The number of hydrogen-bond donors (Lipinski definition) is 4. The number of rotatable bonds is 6. The van der Waals surface area contributed by atoms with E-state index in [0.717, 1.165) is 25.3 Å². The Hall–Kier alpha value is -2.70. The van der Waals surface area contributed by atoms with E-state index in [-0.39, 0.29) is 23.4 Å². The first-order valence-electron chi connectivity index (χ1n) is 11.2. The minimum Gasteiger partial charge on any atom is -0.394 e. The number of benzene rings is 2. The number of nitrogens with one attached hydrogen (secondary N) is 1. The number of anilines is 1. The van der Waals surface area contributed by atoms with Crippen molar-refractivity contribution in [2.24, 2.45) is 0 Å². The predicted molar refractivity (Wildman–Crippen MR) is 135 cm³/mol. The number of nitrogens with two attached hydrogens (primary N) is 1. The second-order valence-electron chi connectivity index (χ2n) is 8.65. The zero-order valence-corrected chi connectivity index (χ0v) is 20.9. The lowest BCUT2D eigenvalue weighted by atomic mass is 9.85. The van der Waals surface area contributed by atoms with E-state index in [1.807, 2.05) is 22.6 Å². The van der Waals surface area contributed by atoms with Crippen LogP contribution >= 0.6 is 22.6 Å². The quantitative estimate of drug-likeness (QED) is 0.319. The monoisotopic (exact) mass is 594 g/mol. The van der Waals surface area contributed by atoms with Gasteiger partial charge < -0.3 is 21.3 Å². The number of aliphatic hydroxyl groups is 2. The van der Waals surface area contributed by atoms with Gasteiger partial charge in [-0.2, -0.15) is 0 Å². The average molecular weight is 594 g/mol. The molecule has 7 nitrogen and oxygen atoms in total. The minimum atomic E-state index is -0.908. The van der Waals surface area contributed by atoms with Gasteiger partial charge in [-0.15, -0.1) is 0 Å². The van der Waals surface area contributed by atoms with E-state index in [9.17, 15) is 19.4 Å². The van der Waals surface area contributed by atoms with Crippen molar-refractivity contribution in [2.45, 2.75) is 43.7 Å². The maximum Gasteiger partial charge on any atom is 0.254 e. The fraction of sp³-hybridized carbons (Fsp3) is 0.320. The van der Waals surface area contributed by atoms with Gasteiger partial charge in [0.25, 0.3) is 5.91 Å². The van der Waals surface area contributed by atoms with Gasteiger partial charge in [0.05, 0.1) is 36.2 Å². The third-order valence-electron chi connectivity index (χ3n) is 6.15. The summed E-state index contributed by atoms with van der Waals surface area (Å²) in [6.45, 7) is -0.486. The zero-order chi connectivity index (χ0) is 25.1. The Kier molecular flexibility index (Phi) is 7.92. The number of aromatic nitrogens is 2. The van der Waals surface area contributed by atoms with E-state index in [1.54, 1.807) is 12.3 Å². The molecule has 4 rings (SSSR count). The smallest absolute Gasteiger partial charge is 0.254 e. The van der Waals surface area contributed by atoms with Crippen LogP contribution in [0, 0.1) is 15.2 Å². The van der Waals surface area contributed by atoms with Crippen LogP contribution in [0.2, 0.25) is 0 Å². The van der Waals surface area contributed by atoms with E-state index in [0.29, 0.717) is 32.5 Å². The molecular formula is C25H25F2IN4O3. The van der Waals surface area contributed by atoms with Crippen LogP contribution in [0.25, 0.3) is 11.3 Å². The first-order chi connectivity index (χ1) is 16.7. The Labute approximate surface area is 214 Å². The molecule has 3 atom stereocenters. The number of nitrogens with zero attached hydrogens (tertiary/aromatic N) is 2. The van der Waals surface area contributed by atoms with Gasteiger partial charge in [-0.05, 0) is 77.7 Å². The third-order valence-corrected chi connectivity index (χ3v) is 6.77. The van der Waals surface area contributed by atoms with Crippen LogP contribution < -0.4 is 11.1 Å². The SMILES string of the molecule is Nc1ncc([C@@H]2CCC[C@H](O)C2)nc1-c1ccc(C(=O)N[C@H](CO)c2cc(F)cc(I)c2)c(F)c1. The van der Waals surface area contributed by atoms with Crippen molar-refractivity contribution in [1.29, 1.82) is 0 Å². The van der Waals surface area contributed by atoms with Gasteiger partial charge in [0.15, 0.2) is 0 Å². The number of hydrogen-bond acceptors (Lipinski definition) is 6. The Morgan fingerprint density at radius 3 is 2.71 bits per heavy atom. The van der Waals surface area contributed by atoms with E-state index in [1.165, 1.54) is 24.3 Å². The fourth-order valence-corrected chi connectivity index (χ4v) is 5.00. The second kappa shape index (κ2) is 10.9. The first-order valence-corrected chi connectivity index (χ1v) is 12.3. The molecule has 0 bridgehead atoms. The van der Waals surface area contributed by atoms with E-state index in [4.69, 9.17) is 5.73 Å². The summed E-state index contributed by atoms with van der Waals surface area (Å²) in [4.78, 5) is 21.6. The number of carbonyl (C=O) groups is 1. The average Bonchev–Trinajstić information content (AvgIpc) is 2.82. The van der Waals surface area contributed by atoms with E-state index >= 15 is 4.39 Å². The van der Waals surface area contributed by atoms with Crippen LogP contribution in [0.4, 0.5) is 14.6 Å². The predicted octanol–water partition coefficient (Wildman–Crippen LogP) is 4.09. The largest absolute Gasteiger partial charge is 0.394 e. The number of aliphatic hydroxyl groups excluding tert-OH is 2. The molecule has 0 aliphatic heterocycles. The summed E-state index contributed by atoms with van der Waals surface area (Å²) >= 11 is 1.93. The molecule has 1 aromatic heterocycles. The molecule has 1 heterocycles. The van der Waals surface area contributed by atoms with E-state index < -0.39 is 30.2 Å². The van der Waals surface area contributed by atoms with Gasteiger partial charge >= 0.3 is 0 Å². The number of amides is 1. The summed E-state index contributed by atoms with van der Waals surface area (Å²) in [6, 6.07) is 7.24. The molecule has 5 N–H and O–H groups in total. The maximum atomic E-state index is 15.0. The van der Waals surface area contributed by atoms with Gasteiger partial charge in [-0.3, -0.25) is 4.79 Å². The van der Waals surface area contributed by atoms with E-state index in [2.05, 4.69) is 15.3 Å². The van der Waals surface area contributed by atoms with Gasteiger partial charge in [-0.1, -0.05) is 12.5 Å². The molecule has 1 saturated carbocycles. The first kappa shape index (κ1) is 25.4. The topological polar surface area (TPSA) is 121 Å². The molecule has 1 fully saturated rings. The van der Waals surface area contributed by atoms with Crippen molar-refractivity contribution in [1.82, 2.24) is 15.3 Å². The highest BCUT2D eigenvalue weighted by Gasteiger charge is 2.24. The Morgan fingerprint density at radius 2 is 2.03 bits per heavy atom. The van der Waals surface area contributed by atoms with Crippen molar-refractivity contribution >= 4 is 34.3 Å². The lowest BCUT2D eigenvalue weighted by molar-refractivity contribution is 0.0912. The molecule has 0 saturated heterocycles. The fourth-order valence-electron chi connectivity index (χ4n) is 4.35. The standard InChI is InChI=1S/C25H25F2IN4O3/c26-16-6-15(7-17(28)10-16)22(12-33)32-25(35)19-5-4-14(9-20(19)27)23-24(29)30-11-21(31-23)13-2-1-3-18(34)8-13/h4-7,9-11,13,18,22,33-34H,1-3,8,12H2,(H2,29,30)(H,32,35)/t13-,18+,22-/m1/s1. The van der Waals surface area contributed by atoms with Crippen LogP contribution in [0.3, 0.4) is 0 Å². The zero-order valence-electron chi connectivity index (χ0n) is 18.7. The number of halogens is 3. The Bertz CT molecular complexity index is 1220. The molecule has 0 spiro atoms. The highest BCUT2D eigenvalue weighted by atomic mass is 127. The molecule has 3 aromatic rings. The van der Waals surface area contributed by atoms with Crippen LogP contribution in [0.1, 0.15) is 59.3 Å². The van der Waals surface area contributed by atoms with Gasteiger partial charge in [0.2, 0.25) is 0 Å². The molecule has 0 unspecified atom stereocenters. The molecular weight excluding hydrogens is 569 g/mol. The van der Waals surface area contributed by atoms with Crippen molar-refractivity contribution in [2.75, 3.05) is 12.3 Å². The van der Waals surface area contributed by atoms with Gasteiger partial charge in [-0.25, -0.2) is 18.7 Å². The maximum absolute atomic E-state index is 15.0. The second-order valence-corrected chi connectivity index (χ2v) is 9.90. The molecule has 1 aliphatic rings. The third kappa shape index (κ3) is 5.93. The van der Waals surface area contributed by atoms with Gasteiger partial charge in [0, 0.05) is 15.1 Å². The molecule has 1 amide bonds.